The lowest BCUT2D eigenvalue weighted by Gasteiger charge is -2.19. The minimum absolute atomic E-state index is 0.0226. The lowest BCUT2D eigenvalue weighted by molar-refractivity contribution is 0.105. The average Bonchev–Trinajstić information content (AvgIpc) is 3.02. The zero-order valence-corrected chi connectivity index (χ0v) is 14.7. The van der Waals surface area contributed by atoms with Gasteiger partial charge in [0.05, 0.1) is 5.57 Å². The van der Waals surface area contributed by atoms with Crippen molar-refractivity contribution in [3.05, 3.63) is 69.4 Å². The number of aliphatic hydroxyl groups is 1. The summed E-state index contributed by atoms with van der Waals surface area (Å²) in [7, 11) is 0. The standard InChI is InChI=1S/C21H18O2S/c1-21(2,3)16-11-10-15(24-16)18-19(22)13-8-4-6-12-7-5-9-14(17(12)13)20(18)23/h4-11,22H,1-3H3. The van der Waals surface area contributed by atoms with Gasteiger partial charge in [-0.3, -0.25) is 4.79 Å². The van der Waals surface area contributed by atoms with E-state index in [2.05, 4.69) is 26.8 Å². The van der Waals surface area contributed by atoms with Crippen LogP contribution in [-0.4, -0.2) is 10.9 Å². The van der Waals surface area contributed by atoms with Gasteiger partial charge in [0, 0.05) is 26.3 Å². The molecule has 0 unspecified atom stereocenters. The molecule has 0 amide bonds. The van der Waals surface area contributed by atoms with Crippen LogP contribution in [0, 0.1) is 0 Å². The van der Waals surface area contributed by atoms with E-state index in [4.69, 9.17) is 0 Å². The van der Waals surface area contributed by atoms with Crippen LogP contribution in [0.25, 0.3) is 22.1 Å². The molecule has 4 rings (SSSR count). The molecule has 3 aromatic rings. The molecule has 2 nitrogen and oxygen atoms in total. The number of Topliss-reactive ketones (excluding diaryl/α,β-unsaturated/α-hetero) is 1. The van der Waals surface area contributed by atoms with Crippen molar-refractivity contribution in [1.82, 2.24) is 0 Å². The van der Waals surface area contributed by atoms with Gasteiger partial charge in [-0.05, 0) is 22.9 Å². The van der Waals surface area contributed by atoms with Crippen LogP contribution in [0.1, 0.15) is 46.4 Å². The second kappa shape index (κ2) is 5.05. The van der Waals surface area contributed by atoms with Gasteiger partial charge in [-0.15, -0.1) is 11.3 Å². The maximum Gasteiger partial charge on any atom is 0.198 e. The molecule has 0 aliphatic heterocycles. The van der Waals surface area contributed by atoms with Gasteiger partial charge in [0.1, 0.15) is 5.76 Å². The molecule has 1 N–H and O–H groups in total. The topological polar surface area (TPSA) is 37.3 Å². The van der Waals surface area contributed by atoms with E-state index in [-0.39, 0.29) is 17.0 Å². The summed E-state index contributed by atoms with van der Waals surface area (Å²) >= 11 is 1.58. The van der Waals surface area contributed by atoms with Crippen LogP contribution in [-0.2, 0) is 5.41 Å². The maximum absolute atomic E-state index is 13.1. The molecule has 0 radical (unpaired) electrons. The van der Waals surface area contributed by atoms with Crippen molar-refractivity contribution in [2.24, 2.45) is 0 Å². The molecule has 0 bridgehead atoms. The average molecular weight is 334 g/mol. The van der Waals surface area contributed by atoms with E-state index in [1.807, 2.05) is 42.5 Å². The molecule has 0 spiro atoms. The second-order valence-corrected chi connectivity index (χ2v) is 8.26. The minimum atomic E-state index is -0.0980. The van der Waals surface area contributed by atoms with E-state index in [1.54, 1.807) is 11.3 Å². The van der Waals surface area contributed by atoms with E-state index >= 15 is 0 Å². The molecular weight excluding hydrogens is 316 g/mol. The highest BCUT2D eigenvalue weighted by molar-refractivity contribution is 7.13. The molecule has 1 aromatic heterocycles. The number of carbonyl (C=O) groups is 1. The highest BCUT2D eigenvalue weighted by Crippen LogP contribution is 2.42. The summed E-state index contributed by atoms with van der Waals surface area (Å²) in [6, 6.07) is 15.5. The number of ketones is 1. The Morgan fingerprint density at radius 1 is 0.917 bits per heavy atom. The first-order valence-corrected chi connectivity index (χ1v) is 8.80. The maximum atomic E-state index is 13.1. The summed E-state index contributed by atoms with van der Waals surface area (Å²) in [6.07, 6.45) is 0. The van der Waals surface area contributed by atoms with Crippen LogP contribution >= 0.6 is 11.3 Å². The van der Waals surface area contributed by atoms with Gasteiger partial charge in [-0.1, -0.05) is 57.2 Å². The third-order valence-electron chi connectivity index (χ3n) is 4.46. The summed E-state index contributed by atoms with van der Waals surface area (Å²) < 4.78 is 0. The third-order valence-corrected chi connectivity index (χ3v) is 5.99. The first-order valence-electron chi connectivity index (χ1n) is 7.98. The normalized spacial score (nSPS) is 14.5. The number of thiophene rings is 1. The number of aliphatic hydroxyl groups excluding tert-OH is 1. The quantitative estimate of drug-likeness (QED) is 0.608. The number of rotatable bonds is 1. The Kier molecular flexibility index (Phi) is 3.19. The van der Waals surface area contributed by atoms with Gasteiger partial charge in [0.25, 0.3) is 0 Å². The van der Waals surface area contributed by atoms with Crippen molar-refractivity contribution in [1.29, 1.82) is 0 Å². The smallest absolute Gasteiger partial charge is 0.198 e. The van der Waals surface area contributed by atoms with Crippen LogP contribution < -0.4 is 0 Å². The van der Waals surface area contributed by atoms with E-state index in [1.165, 1.54) is 4.88 Å². The number of carbonyl (C=O) groups excluding carboxylic acids is 1. The molecular formula is C21H18O2S. The molecule has 3 heteroatoms. The van der Waals surface area contributed by atoms with Crippen LogP contribution in [0.4, 0.5) is 0 Å². The summed E-state index contributed by atoms with van der Waals surface area (Å²) in [5, 5.41) is 12.7. The lowest BCUT2D eigenvalue weighted by atomic mass is 9.86. The molecule has 2 aromatic carbocycles. The first kappa shape index (κ1) is 15.2. The van der Waals surface area contributed by atoms with Gasteiger partial charge >= 0.3 is 0 Å². The van der Waals surface area contributed by atoms with E-state index < -0.39 is 0 Å². The molecule has 0 atom stereocenters. The zero-order chi connectivity index (χ0) is 17.1. The largest absolute Gasteiger partial charge is 0.506 e. The SMILES string of the molecule is CC(C)(C)c1ccc(C2=C(O)c3cccc4cccc(c34)C2=O)s1. The second-order valence-electron chi connectivity index (χ2n) is 7.18. The van der Waals surface area contributed by atoms with Crippen molar-refractivity contribution in [2.45, 2.75) is 26.2 Å². The predicted molar refractivity (Wildman–Crippen MR) is 101 cm³/mol. The highest BCUT2D eigenvalue weighted by atomic mass is 32.1. The van der Waals surface area contributed by atoms with Gasteiger partial charge in [0.2, 0.25) is 0 Å². The van der Waals surface area contributed by atoms with Crippen LogP contribution in [0.2, 0.25) is 0 Å². The van der Waals surface area contributed by atoms with E-state index in [0.29, 0.717) is 11.1 Å². The summed E-state index contributed by atoms with van der Waals surface area (Å²) in [5.74, 6) is -0.00859. The van der Waals surface area contributed by atoms with Gasteiger partial charge < -0.3 is 5.11 Å². The Balaban J connectivity index is 1.98. The van der Waals surface area contributed by atoms with Crippen molar-refractivity contribution >= 4 is 39.2 Å². The number of allylic oxidation sites excluding steroid dienone is 1. The zero-order valence-electron chi connectivity index (χ0n) is 13.9. The monoisotopic (exact) mass is 334 g/mol. The molecule has 0 fully saturated rings. The Morgan fingerprint density at radius 3 is 2.21 bits per heavy atom. The van der Waals surface area contributed by atoms with Crippen molar-refractivity contribution in [3.63, 3.8) is 0 Å². The predicted octanol–water partition coefficient (Wildman–Crippen LogP) is 5.82. The summed E-state index contributed by atoms with van der Waals surface area (Å²) in [5.41, 5.74) is 1.85. The number of benzene rings is 2. The molecule has 0 saturated carbocycles. The first-order chi connectivity index (χ1) is 11.4. The Labute approximate surface area is 145 Å². The van der Waals surface area contributed by atoms with E-state index in [9.17, 15) is 9.90 Å². The van der Waals surface area contributed by atoms with Gasteiger partial charge in [0.15, 0.2) is 5.78 Å². The molecule has 0 saturated heterocycles. The van der Waals surface area contributed by atoms with Gasteiger partial charge in [-0.25, -0.2) is 0 Å². The highest BCUT2D eigenvalue weighted by Gasteiger charge is 2.30. The lowest BCUT2D eigenvalue weighted by Crippen LogP contribution is -2.11. The fourth-order valence-corrected chi connectivity index (χ4v) is 4.32. The summed E-state index contributed by atoms with van der Waals surface area (Å²) in [6.45, 7) is 6.45. The van der Waals surface area contributed by atoms with E-state index in [0.717, 1.165) is 21.2 Å². The number of hydrogen-bond donors (Lipinski definition) is 1. The third kappa shape index (κ3) is 2.12. The molecule has 1 heterocycles. The molecule has 120 valence electrons. The molecule has 1 aliphatic rings. The van der Waals surface area contributed by atoms with Gasteiger partial charge in [-0.2, -0.15) is 0 Å². The molecule has 24 heavy (non-hydrogen) atoms. The van der Waals surface area contributed by atoms with Crippen LogP contribution in [0.5, 0.6) is 0 Å². The van der Waals surface area contributed by atoms with Crippen molar-refractivity contribution in [2.75, 3.05) is 0 Å². The Morgan fingerprint density at radius 2 is 1.58 bits per heavy atom. The Bertz CT molecular complexity index is 1010. The fraction of sp³-hybridized carbons (Fsp3) is 0.190. The molecule has 1 aliphatic carbocycles. The minimum Gasteiger partial charge on any atom is -0.506 e. The van der Waals surface area contributed by atoms with Crippen molar-refractivity contribution < 1.29 is 9.90 Å². The Hall–Kier alpha value is -2.39. The van der Waals surface area contributed by atoms with Crippen LogP contribution in [0.3, 0.4) is 0 Å². The number of hydrogen-bond acceptors (Lipinski definition) is 3. The summed E-state index contributed by atoms with van der Waals surface area (Å²) in [4.78, 5) is 15.1. The fourth-order valence-electron chi connectivity index (χ4n) is 3.21. The van der Waals surface area contributed by atoms with Crippen molar-refractivity contribution in [3.8, 4) is 0 Å². The van der Waals surface area contributed by atoms with Crippen LogP contribution in [0.15, 0.2) is 48.5 Å².